The number of hydrogen-bond donors (Lipinski definition) is 1. The van der Waals surface area contributed by atoms with Gasteiger partial charge in [0.05, 0.1) is 5.60 Å². The van der Waals surface area contributed by atoms with Crippen LogP contribution in [-0.4, -0.2) is 29.8 Å². The Morgan fingerprint density at radius 2 is 1.89 bits per heavy atom. The van der Waals surface area contributed by atoms with E-state index in [0.29, 0.717) is 18.4 Å². The van der Waals surface area contributed by atoms with E-state index >= 15 is 0 Å². The molecule has 0 aliphatic carbocycles. The van der Waals surface area contributed by atoms with Gasteiger partial charge in [-0.15, -0.1) is 0 Å². The van der Waals surface area contributed by atoms with Crippen LogP contribution in [0.3, 0.4) is 0 Å². The molecule has 3 rings (SSSR count). The van der Waals surface area contributed by atoms with E-state index in [0.717, 1.165) is 19.3 Å². The number of nitriles is 1. The summed E-state index contributed by atoms with van der Waals surface area (Å²) in [7, 11) is -0.815. The lowest BCUT2D eigenvalue weighted by Crippen LogP contribution is -2.47. The van der Waals surface area contributed by atoms with Gasteiger partial charge in [0.1, 0.15) is 6.07 Å². The lowest BCUT2D eigenvalue weighted by molar-refractivity contribution is 0.00589. The molecule has 2 aliphatic rings. The molecule has 100 valence electrons. The smallest absolute Gasteiger partial charge is 0.232 e. The summed E-state index contributed by atoms with van der Waals surface area (Å²) >= 11 is 0. The molecule has 2 bridgehead atoms. The number of hydrogen-bond acceptors (Lipinski definition) is 5. The normalized spacial score (nSPS) is 37.6. The Labute approximate surface area is 114 Å². The Morgan fingerprint density at radius 3 is 2.42 bits per heavy atom. The molecule has 0 aromatic carbocycles. The van der Waals surface area contributed by atoms with Crippen LogP contribution in [0.5, 0.6) is 0 Å². The van der Waals surface area contributed by atoms with Crippen molar-refractivity contribution in [2.45, 2.75) is 48.2 Å². The molecule has 2 atom stereocenters. The Bertz CT molecular complexity index is 536. The molecule has 3 heterocycles. The van der Waals surface area contributed by atoms with Crippen LogP contribution in [0.4, 0.5) is 0 Å². The Balaban J connectivity index is 1.90. The third-order valence-corrected chi connectivity index (χ3v) is 6.25. The molecule has 1 aromatic rings. The van der Waals surface area contributed by atoms with Crippen LogP contribution in [0.15, 0.2) is 12.4 Å². The molecule has 0 radical (unpaired) electrons. The number of aliphatic hydroxyl groups is 1. The van der Waals surface area contributed by atoms with Gasteiger partial charge in [-0.05, 0) is 25.7 Å². The zero-order valence-corrected chi connectivity index (χ0v) is 11.3. The van der Waals surface area contributed by atoms with Gasteiger partial charge in [0.15, 0.2) is 0 Å². The molecule has 2 saturated heterocycles. The SMILES string of the molecule is N#Cc1ncc(C2(O)CC3CCCC(C2)S3=O)cn1. The first-order valence-electron chi connectivity index (χ1n) is 6.47. The largest absolute Gasteiger partial charge is 0.385 e. The first-order valence-corrected chi connectivity index (χ1v) is 7.74. The van der Waals surface area contributed by atoms with Crippen LogP contribution in [-0.2, 0) is 16.4 Å². The quantitative estimate of drug-likeness (QED) is 0.827. The van der Waals surface area contributed by atoms with Crippen molar-refractivity contribution >= 4 is 10.8 Å². The fraction of sp³-hybridized carbons (Fsp3) is 0.615. The molecule has 0 spiro atoms. The monoisotopic (exact) mass is 277 g/mol. The fourth-order valence-corrected chi connectivity index (χ4v) is 5.37. The molecule has 5 nitrogen and oxygen atoms in total. The summed E-state index contributed by atoms with van der Waals surface area (Å²) in [5.74, 6) is 0.104. The Hall–Kier alpha value is -1.32. The van der Waals surface area contributed by atoms with E-state index < -0.39 is 16.4 Å². The lowest BCUT2D eigenvalue weighted by Gasteiger charge is -2.43. The summed E-state index contributed by atoms with van der Waals surface area (Å²) in [6.45, 7) is 0. The molecular weight excluding hydrogens is 262 g/mol. The van der Waals surface area contributed by atoms with Crippen molar-refractivity contribution < 1.29 is 9.32 Å². The molecule has 6 heteroatoms. The molecule has 2 aliphatic heterocycles. The molecule has 1 N–H and O–H groups in total. The van der Waals surface area contributed by atoms with E-state index in [-0.39, 0.29) is 16.3 Å². The van der Waals surface area contributed by atoms with E-state index in [1.54, 1.807) is 0 Å². The molecule has 2 fully saturated rings. The van der Waals surface area contributed by atoms with E-state index in [1.165, 1.54) is 12.4 Å². The highest BCUT2D eigenvalue weighted by molar-refractivity contribution is 7.86. The summed E-state index contributed by atoms with van der Waals surface area (Å²) in [4.78, 5) is 7.84. The molecule has 1 aromatic heterocycles. The van der Waals surface area contributed by atoms with Crippen LogP contribution in [0.25, 0.3) is 0 Å². The second kappa shape index (κ2) is 4.66. The summed E-state index contributed by atoms with van der Waals surface area (Å²) in [5, 5.41) is 19.7. The van der Waals surface area contributed by atoms with Crippen LogP contribution < -0.4 is 0 Å². The third kappa shape index (κ3) is 2.17. The minimum Gasteiger partial charge on any atom is -0.385 e. The fourth-order valence-electron chi connectivity index (χ4n) is 3.14. The molecular formula is C13H15N3O2S. The van der Waals surface area contributed by atoms with Gasteiger partial charge in [0.25, 0.3) is 0 Å². The number of fused-ring (bicyclic) bond motifs is 2. The maximum absolute atomic E-state index is 12.2. The minimum atomic E-state index is -0.988. The maximum atomic E-state index is 12.2. The second-order valence-electron chi connectivity index (χ2n) is 5.35. The summed E-state index contributed by atoms with van der Waals surface area (Å²) in [5.41, 5.74) is -0.349. The summed E-state index contributed by atoms with van der Waals surface area (Å²) < 4.78 is 12.2. The second-order valence-corrected chi connectivity index (χ2v) is 7.34. The van der Waals surface area contributed by atoms with Crippen LogP contribution in [0, 0.1) is 11.3 Å². The van der Waals surface area contributed by atoms with Gasteiger partial charge in [0, 0.05) is 39.3 Å². The van der Waals surface area contributed by atoms with Gasteiger partial charge in [-0.3, -0.25) is 4.21 Å². The van der Waals surface area contributed by atoms with Crippen LogP contribution in [0.2, 0.25) is 0 Å². The van der Waals surface area contributed by atoms with Crippen molar-refractivity contribution in [2.24, 2.45) is 0 Å². The van der Waals surface area contributed by atoms with Crippen molar-refractivity contribution in [1.29, 1.82) is 5.26 Å². The van der Waals surface area contributed by atoms with Gasteiger partial charge in [-0.25, -0.2) is 9.97 Å². The number of aromatic nitrogens is 2. The average molecular weight is 277 g/mol. The van der Waals surface area contributed by atoms with Crippen molar-refractivity contribution in [2.75, 3.05) is 0 Å². The molecule has 2 unspecified atom stereocenters. The summed E-state index contributed by atoms with van der Waals surface area (Å²) in [6, 6.07) is 1.86. The first-order chi connectivity index (χ1) is 9.12. The van der Waals surface area contributed by atoms with Gasteiger partial charge >= 0.3 is 0 Å². The van der Waals surface area contributed by atoms with Crippen molar-refractivity contribution in [3.63, 3.8) is 0 Å². The number of rotatable bonds is 1. The van der Waals surface area contributed by atoms with Gasteiger partial charge < -0.3 is 5.11 Å². The predicted octanol–water partition coefficient (Wildman–Crippen LogP) is 0.999. The third-order valence-electron chi connectivity index (χ3n) is 4.13. The van der Waals surface area contributed by atoms with Crippen molar-refractivity contribution in [3.8, 4) is 6.07 Å². The van der Waals surface area contributed by atoms with Crippen LogP contribution >= 0.6 is 0 Å². The average Bonchev–Trinajstić information content (AvgIpc) is 2.41. The highest BCUT2D eigenvalue weighted by Gasteiger charge is 2.46. The van der Waals surface area contributed by atoms with Gasteiger partial charge in [-0.2, -0.15) is 5.26 Å². The van der Waals surface area contributed by atoms with Crippen LogP contribution in [0.1, 0.15) is 43.5 Å². The van der Waals surface area contributed by atoms with E-state index in [2.05, 4.69) is 9.97 Å². The molecule has 0 saturated carbocycles. The predicted molar refractivity (Wildman–Crippen MR) is 69.4 cm³/mol. The number of nitrogens with zero attached hydrogens (tertiary/aromatic N) is 3. The zero-order valence-electron chi connectivity index (χ0n) is 10.5. The van der Waals surface area contributed by atoms with Gasteiger partial charge in [0.2, 0.25) is 5.82 Å². The highest BCUT2D eigenvalue weighted by Crippen LogP contribution is 2.43. The van der Waals surface area contributed by atoms with Crippen molar-refractivity contribution in [3.05, 3.63) is 23.8 Å². The minimum absolute atomic E-state index is 0.0770. The zero-order chi connectivity index (χ0) is 13.5. The highest BCUT2D eigenvalue weighted by atomic mass is 32.2. The molecule has 19 heavy (non-hydrogen) atoms. The first kappa shape index (κ1) is 12.7. The van der Waals surface area contributed by atoms with E-state index in [4.69, 9.17) is 5.26 Å². The Morgan fingerprint density at radius 1 is 1.32 bits per heavy atom. The topological polar surface area (TPSA) is 86.9 Å². The summed E-state index contributed by atoms with van der Waals surface area (Å²) in [6.07, 6.45) is 6.99. The van der Waals surface area contributed by atoms with E-state index in [1.807, 2.05) is 6.07 Å². The standard InChI is InChI=1S/C13H15N3O2S/c14-6-12-15-7-9(8-16-12)13(17)4-10-2-1-3-11(5-13)19(10)18/h7-8,10-11,17H,1-5H2. The molecule has 0 amide bonds. The van der Waals surface area contributed by atoms with E-state index in [9.17, 15) is 9.32 Å². The van der Waals surface area contributed by atoms with Gasteiger partial charge in [-0.1, -0.05) is 6.42 Å². The lowest BCUT2D eigenvalue weighted by atomic mass is 9.81. The Kier molecular flexibility index (Phi) is 3.11. The maximum Gasteiger partial charge on any atom is 0.232 e. The van der Waals surface area contributed by atoms with Crippen molar-refractivity contribution in [1.82, 2.24) is 9.97 Å².